The summed E-state index contributed by atoms with van der Waals surface area (Å²) in [6.45, 7) is 6.71. The van der Waals surface area contributed by atoms with E-state index >= 15 is 0 Å². The van der Waals surface area contributed by atoms with Gasteiger partial charge < -0.3 is 23.3 Å². The molecule has 0 radical (unpaired) electrons. The normalized spacial score (nSPS) is 19.1. The molecule has 0 unspecified atom stereocenters. The van der Waals surface area contributed by atoms with Gasteiger partial charge in [-0.2, -0.15) is 9.97 Å². The molecule has 1 aromatic carbocycles. The summed E-state index contributed by atoms with van der Waals surface area (Å²) in [5, 5.41) is 0. The summed E-state index contributed by atoms with van der Waals surface area (Å²) in [4.78, 5) is 14.7. The Hall–Kier alpha value is -5.05. The molecule has 0 aliphatic carbocycles. The minimum absolute atomic E-state index is 0.00131. The lowest BCUT2D eigenvalue weighted by Gasteiger charge is -2.54. The van der Waals surface area contributed by atoms with E-state index in [1.54, 1.807) is 0 Å². The van der Waals surface area contributed by atoms with Gasteiger partial charge in [-0.05, 0) is 66.1 Å². The number of rotatable bonds is 1. The number of fused-ring (bicyclic) bond motifs is 13. The minimum Gasteiger partial charge on any atom is -0.423 e. The maximum Gasteiger partial charge on any atom is 0.381 e. The average Bonchev–Trinajstić information content (AvgIpc) is 3.59. The second kappa shape index (κ2) is 9.22. The molecule has 0 saturated carbocycles. The molecule has 44 heavy (non-hydrogen) atoms. The number of benzene rings is 1. The molecule has 8 heterocycles. The van der Waals surface area contributed by atoms with Crippen LogP contribution in [0.1, 0.15) is 26.6 Å². The fourth-order valence-electron chi connectivity index (χ4n) is 6.99. The third-order valence-electron chi connectivity index (χ3n) is 9.03. The maximum absolute atomic E-state index is 6.22. The zero-order chi connectivity index (χ0) is 29.6. The van der Waals surface area contributed by atoms with Gasteiger partial charge in [0, 0.05) is 5.57 Å². The van der Waals surface area contributed by atoms with Crippen LogP contribution in [0.25, 0.3) is 33.7 Å². The molecular weight excluding hydrogens is 544 g/mol. The predicted octanol–water partition coefficient (Wildman–Crippen LogP) is 4.93. The van der Waals surface area contributed by atoms with Crippen molar-refractivity contribution in [2.75, 3.05) is 0 Å². The van der Waals surface area contributed by atoms with E-state index in [9.17, 15) is 0 Å². The van der Waals surface area contributed by atoms with Crippen LogP contribution < -0.4 is 0 Å². The quantitative estimate of drug-likeness (QED) is 0.298. The second-order valence-corrected chi connectivity index (χ2v) is 12.7. The van der Waals surface area contributed by atoms with Crippen molar-refractivity contribution in [2.24, 2.45) is 5.41 Å². The molecule has 0 amide bonds. The van der Waals surface area contributed by atoms with Gasteiger partial charge in [0.15, 0.2) is 5.82 Å². The van der Waals surface area contributed by atoms with Crippen molar-refractivity contribution in [3.8, 4) is 0 Å². The number of hydrogen-bond acceptors (Lipinski definition) is 8. The van der Waals surface area contributed by atoms with Crippen LogP contribution in [0.5, 0.6) is 0 Å². The summed E-state index contributed by atoms with van der Waals surface area (Å²) < 4.78 is 17.9. The zero-order valence-electron chi connectivity index (χ0n) is 24.8. The Labute approximate surface area is 257 Å². The molecule has 210 valence electrons. The summed E-state index contributed by atoms with van der Waals surface area (Å²) in [6, 6.07) is 8.02. The van der Waals surface area contributed by atoms with Gasteiger partial charge in [-0.15, -0.1) is 0 Å². The monoisotopic (exact) mass is 572 g/mol. The second-order valence-electron chi connectivity index (χ2n) is 12.7. The van der Waals surface area contributed by atoms with E-state index in [1.165, 1.54) is 5.57 Å². The van der Waals surface area contributed by atoms with Crippen LogP contribution >= 0.6 is 0 Å². The minimum atomic E-state index is -0.180. The van der Waals surface area contributed by atoms with Crippen molar-refractivity contribution in [3.05, 3.63) is 127 Å². The summed E-state index contributed by atoms with van der Waals surface area (Å²) in [6.07, 6.45) is 23.6. The molecule has 1 fully saturated rings. The zero-order valence-corrected chi connectivity index (χ0v) is 24.8. The Balaban J connectivity index is 1.22. The molecule has 1 saturated heterocycles. The third-order valence-corrected chi connectivity index (χ3v) is 9.03. The van der Waals surface area contributed by atoms with Crippen molar-refractivity contribution in [2.45, 2.75) is 20.8 Å². The summed E-state index contributed by atoms with van der Waals surface area (Å²) in [5.74, 6) is 10.3. The number of oxazole rings is 1. The smallest absolute Gasteiger partial charge is 0.381 e. The van der Waals surface area contributed by atoms with E-state index in [1.807, 2.05) is 34.9 Å². The van der Waals surface area contributed by atoms with Crippen molar-refractivity contribution < 1.29 is 4.42 Å². The SMILES string of the molecule is CC(C)(C)C1=CN2B3C=CC=CN3B3C=CC=CN3B3C=CC=CN3B2C=C1c1ncc2c(n1)oc1nc3ccccc3n12. The van der Waals surface area contributed by atoms with Gasteiger partial charge in [-0.1, -0.05) is 75.0 Å². The number of nitrogens with zero attached hydrogens (tertiary/aromatic N) is 8. The highest BCUT2D eigenvalue weighted by atomic mass is 16.4. The van der Waals surface area contributed by atoms with Crippen molar-refractivity contribution >= 4 is 61.6 Å². The van der Waals surface area contributed by atoms with Crippen LogP contribution in [0.15, 0.2) is 126 Å². The van der Waals surface area contributed by atoms with E-state index in [0.717, 1.165) is 22.1 Å². The number of aromatic nitrogens is 4. The fraction of sp³-hybridized carbons (Fsp3) is 0.129. The van der Waals surface area contributed by atoms with Crippen molar-refractivity contribution in [3.63, 3.8) is 0 Å². The van der Waals surface area contributed by atoms with Gasteiger partial charge >= 0.3 is 33.8 Å². The Kier molecular flexibility index (Phi) is 5.33. The largest absolute Gasteiger partial charge is 0.423 e. The highest BCUT2D eigenvalue weighted by Gasteiger charge is 2.51. The van der Waals surface area contributed by atoms with Gasteiger partial charge in [-0.3, -0.25) is 4.40 Å². The number of para-hydroxylation sites is 2. The first-order chi connectivity index (χ1) is 21.5. The standard InChI is InChI=1S/C31H28B4N8O/c1-31(2,3)24-22-42-34-16-8-10-18-40(34)32-14-6-9-17-39(32)33-15-7-11-19-41(33)35(42)20-23(24)28-36-21-27-29(38-28)44-30-37-25-12-4-5-13-26(25)43(27)30/h4-22H,1-3H3. The molecule has 5 aliphatic heterocycles. The summed E-state index contributed by atoms with van der Waals surface area (Å²) >= 11 is 0. The van der Waals surface area contributed by atoms with Gasteiger partial charge in [0.05, 0.1) is 17.2 Å². The van der Waals surface area contributed by atoms with Crippen LogP contribution in [-0.4, -0.2) is 66.2 Å². The fourth-order valence-corrected chi connectivity index (χ4v) is 6.99. The molecule has 3 aromatic heterocycles. The first-order valence-corrected chi connectivity index (χ1v) is 15.1. The molecule has 0 atom stereocenters. The molecule has 9 nitrogen and oxygen atoms in total. The Morgan fingerprint density at radius 2 is 1.34 bits per heavy atom. The lowest BCUT2D eigenvalue weighted by atomic mass is 9.41. The lowest BCUT2D eigenvalue weighted by molar-refractivity contribution is 0.507. The van der Waals surface area contributed by atoms with Crippen LogP contribution in [0, 0.1) is 5.41 Å². The molecular formula is C31H28B4N8O. The van der Waals surface area contributed by atoms with E-state index in [4.69, 9.17) is 14.4 Å². The molecule has 0 N–H and O–H groups in total. The van der Waals surface area contributed by atoms with E-state index < -0.39 is 0 Å². The molecule has 4 aromatic rings. The first-order valence-electron chi connectivity index (χ1n) is 15.1. The Bertz CT molecular complexity index is 2100. The lowest BCUT2D eigenvalue weighted by Crippen LogP contribution is -2.73. The van der Waals surface area contributed by atoms with Gasteiger partial charge in [0.1, 0.15) is 5.52 Å². The van der Waals surface area contributed by atoms with Gasteiger partial charge in [-0.25, -0.2) is 4.98 Å². The molecule has 0 bridgehead atoms. The predicted molar refractivity (Wildman–Crippen MR) is 179 cm³/mol. The Morgan fingerprint density at radius 1 is 0.705 bits per heavy atom. The Morgan fingerprint density at radius 3 is 2.02 bits per heavy atom. The van der Waals surface area contributed by atoms with Crippen LogP contribution in [-0.2, 0) is 0 Å². The molecule has 5 aliphatic rings. The topological polar surface area (TPSA) is 69.2 Å². The summed E-state index contributed by atoms with van der Waals surface area (Å²) in [7, 11) is 0. The van der Waals surface area contributed by atoms with E-state index in [0.29, 0.717) is 17.4 Å². The maximum atomic E-state index is 6.22. The third kappa shape index (κ3) is 3.68. The van der Waals surface area contributed by atoms with Gasteiger partial charge in [0.2, 0.25) is 0 Å². The summed E-state index contributed by atoms with van der Waals surface area (Å²) in [5.41, 5.74) is 5.19. The molecule has 9 rings (SSSR count). The number of imidazole rings is 1. The van der Waals surface area contributed by atoms with Gasteiger partial charge in [0.25, 0.3) is 5.71 Å². The van der Waals surface area contributed by atoms with E-state index in [2.05, 4.69) is 130 Å². The highest BCUT2D eigenvalue weighted by Crippen LogP contribution is 2.41. The molecule has 13 heteroatoms. The molecule has 0 spiro atoms. The average molecular weight is 572 g/mol. The van der Waals surface area contributed by atoms with Crippen molar-refractivity contribution in [1.82, 2.24) is 38.2 Å². The van der Waals surface area contributed by atoms with Crippen LogP contribution in [0.3, 0.4) is 0 Å². The van der Waals surface area contributed by atoms with E-state index in [-0.39, 0.29) is 33.3 Å². The van der Waals surface area contributed by atoms with Crippen molar-refractivity contribution in [1.29, 1.82) is 0 Å². The number of allylic oxidation sites excluding steroid dienone is 8. The first kappa shape index (κ1) is 25.4. The van der Waals surface area contributed by atoms with Crippen LogP contribution in [0.2, 0.25) is 0 Å². The number of hydrogen-bond donors (Lipinski definition) is 0. The highest BCUT2D eigenvalue weighted by molar-refractivity contribution is 6.92. The van der Waals surface area contributed by atoms with Crippen LogP contribution in [0.4, 0.5) is 0 Å².